The molecular weight excluding hydrogens is 224 g/mol. The Morgan fingerprint density at radius 1 is 0.778 bits per heavy atom. The second kappa shape index (κ2) is 6.34. The first-order chi connectivity index (χ1) is 8.75. The van der Waals surface area contributed by atoms with Crippen LogP contribution in [0.15, 0.2) is 60.7 Å². The van der Waals surface area contributed by atoms with Gasteiger partial charge >= 0.3 is 0 Å². The molecule has 0 bridgehead atoms. The van der Waals surface area contributed by atoms with Gasteiger partial charge in [0.25, 0.3) is 0 Å². The minimum absolute atomic E-state index is 0.360. The topological polar surface area (TPSA) is 40.5 Å². The van der Waals surface area contributed by atoms with E-state index in [1.54, 1.807) is 0 Å². The maximum absolute atomic E-state index is 10.0. The molecule has 2 N–H and O–H groups in total. The van der Waals surface area contributed by atoms with E-state index in [-0.39, 0.29) is 0 Å². The molecule has 0 aliphatic carbocycles. The predicted molar refractivity (Wildman–Crippen MR) is 72.2 cm³/mol. The van der Waals surface area contributed by atoms with E-state index in [4.69, 9.17) is 0 Å². The molecule has 2 atom stereocenters. The Kier molecular flexibility index (Phi) is 4.51. The summed E-state index contributed by atoms with van der Waals surface area (Å²) in [6.45, 7) is 0. The molecule has 2 rings (SSSR count). The molecule has 2 aromatic rings. The SMILES string of the molecule is OC(Cc1ccccc1)CC(O)c1ccccc1. The molecule has 2 aromatic carbocycles. The molecule has 2 nitrogen and oxygen atoms in total. The van der Waals surface area contributed by atoms with Gasteiger partial charge in [-0.05, 0) is 17.5 Å². The van der Waals surface area contributed by atoms with Gasteiger partial charge in [0.05, 0.1) is 12.2 Å². The number of benzene rings is 2. The molecule has 0 radical (unpaired) electrons. The maximum Gasteiger partial charge on any atom is 0.0814 e. The molecule has 0 aliphatic heterocycles. The highest BCUT2D eigenvalue weighted by Crippen LogP contribution is 2.19. The third-order valence-corrected chi connectivity index (χ3v) is 2.99. The van der Waals surface area contributed by atoms with Crippen molar-refractivity contribution in [2.75, 3.05) is 0 Å². The Balaban J connectivity index is 1.90. The molecule has 2 unspecified atom stereocenters. The fourth-order valence-corrected chi connectivity index (χ4v) is 2.04. The van der Waals surface area contributed by atoms with Gasteiger partial charge in [0, 0.05) is 6.42 Å². The van der Waals surface area contributed by atoms with Crippen molar-refractivity contribution in [1.82, 2.24) is 0 Å². The summed E-state index contributed by atoms with van der Waals surface area (Å²) in [7, 11) is 0. The van der Waals surface area contributed by atoms with Crippen LogP contribution in [0.5, 0.6) is 0 Å². The first-order valence-electron chi connectivity index (χ1n) is 6.20. The monoisotopic (exact) mass is 242 g/mol. The maximum atomic E-state index is 10.0. The van der Waals surface area contributed by atoms with E-state index in [1.165, 1.54) is 0 Å². The molecule has 0 saturated heterocycles. The van der Waals surface area contributed by atoms with Crippen molar-refractivity contribution in [1.29, 1.82) is 0 Å². The summed E-state index contributed by atoms with van der Waals surface area (Å²) in [5.74, 6) is 0. The predicted octanol–water partition coefficient (Wildman–Crippen LogP) is 2.71. The van der Waals surface area contributed by atoms with Gasteiger partial charge in [0.15, 0.2) is 0 Å². The Labute approximate surface area is 108 Å². The van der Waals surface area contributed by atoms with Crippen LogP contribution in [0, 0.1) is 0 Å². The summed E-state index contributed by atoms with van der Waals surface area (Å²) >= 11 is 0. The molecule has 0 amide bonds. The first kappa shape index (κ1) is 12.8. The van der Waals surface area contributed by atoms with Gasteiger partial charge < -0.3 is 10.2 Å². The largest absolute Gasteiger partial charge is 0.393 e. The zero-order valence-electron chi connectivity index (χ0n) is 10.2. The molecule has 0 spiro atoms. The number of aliphatic hydroxyl groups excluding tert-OH is 2. The molecule has 94 valence electrons. The molecule has 0 heterocycles. The van der Waals surface area contributed by atoms with Crippen molar-refractivity contribution in [3.05, 3.63) is 71.8 Å². The van der Waals surface area contributed by atoms with Crippen LogP contribution < -0.4 is 0 Å². The Morgan fingerprint density at radius 3 is 1.94 bits per heavy atom. The third-order valence-electron chi connectivity index (χ3n) is 2.99. The Hall–Kier alpha value is -1.64. The van der Waals surface area contributed by atoms with Crippen LogP contribution in [0.1, 0.15) is 23.7 Å². The Morgan fingerprint density at radius 2 is 1.33 bits per heavy atom. The van der Waals surface area contributed by atoms with Crippen LogP contribution in [0.4, 0.5) is 0 Å². The normalized spacial score (nSPS) is 14.1. The second-order valence-electron chi connectivity index (χ2n) is 4.51. The summed E-state index contributed by atoms with van der Waals surface area (Å²) in [6, 6.07) is 19.3. The number of hydrogen-bond donors (Lipinski definition) is 2. The van der Waals surface area contributed by atoms with Crippen LogP contribution in [-0.4, -0.2) is 16.3 Å². The van der Waals surface area contributed by atoms with Crippen LogP contribution in [0.2, 0.25) is 0 Å². The lowest BCUT2D eigenvalue weighted by atomic mass is 9.99. The van der Waals surface area contributed by atoms with Crippen molar-refractivity contribution >= 4 is 0 Å². The summed E-state index contributed by atoms with van der Waals surface area (Å²) in [5.41, 5.74) is 1.94. The second-order valence-corrected chi connectivity index (χ2v) is 4.51. The first-order valence-corrected chi connectivity index (χ1v) is 6.20. The Bertz CT molecular complexity index is 453. The van der Waals surface area contributed by atoms with E-state index in [9.17, 15) is 10.2 Å². The highest BCUT2D eigenvalue weighted by molar-refractivity contribution is 5.18. The minimum atomic E-state index is -0.607. The van der Waals surface area contributed by atoms with Gasteiger partial charge in [-0.25, -0.2) is 0 Å². The summed E-state index contributed by atoms with van der Waals surface area (Å²) in [5, 5.41) is 20.0. The van der Waals surface area contributed by atoms with Gasteiger partial charge in [-0.1, -0.05) is 60.7 Å². The highest BCUT2D eigenvalue weighted by Gasteiger charge is 2.13. The average molecular weight is 242 g/mol. The number of rotatable bonds is 5. The quantitative estimate of drug-likeness (QED) is 0.846. The molecule has 0 aliphatic rings. The van der Waals surface area contributed by atoms with Crippen molar-refractivity contribution in [2.45, 2.75) is 25.0 Å². The molecular formula is C16H18O2. The van der Waals surface area contributed by atoms with Gasteiger partial charge in [-0.15, -0.1) is 0 Å². The number of aliphatic hydroxyl groups is 2. The van der Waals surface area contributed by atoms with Crippen LogP contribution in [0.25, 0.3) is 0 Å². The van der Waals surface area contributed by atoms with E-state index in [0.717, 1.165) is 11.1 Å². The average Bonchev–Trinajstić information content (AvgIpc) is 2.40. The zero-order valence-corrected chi connectivity index (χ0v) is 10.2. The van der Waals surface area contributed by atoms with Gasteiger partial charge in [0.1, 0.15) is 0 Å². The standard InChI is InChI=1S/C16H18O2/c17-15(11-13-7-3-1-4-8-13)12-16(18)14-9-5-2-6-10-14/h1-10,15-18H,11-12H2. The zero-order chi connectivity index (χ0) is 12.8. The lowest BCUT2D eigenvalue weighted by Crippen LogP contribution is -2.15. The van der Waals surface area contributed by atoms with Crippen LogP contribution in [0.3, 0.4) is 0 Å². The fraction of sp³-hybridized carbons (Fsp3) is 0.250. The van der Waals surface area contributed by atoms with Crippen LogP contribution in [-0.2, 0) is 6.42 Å². The lowest BCUT2D eigenvalue weighted by molar-refractivity contribution is 0.0807. The summed E-state index contributed by atoms with van der Waals surface area (Å²) in [6.07, 6.45) is -0.198. The summed E-state index contributed by atoms with van der Waals surface area (Å²) in [4.78, 5) is 0. The molecule has 0 saturated carbocycles. The molecule has 18 heavy (non-hydrogen) atoms. The van der Waals surface area contributed by atoms with E-state index < -0.39 is 12.2 Å². The van der Waals surface area contributed by atoms with Gasteiger partial charge in [-0.2, -0.15) is 0 Å². The van der Waals surface area contributed by atoms with Crippen molar-refractivity contribution in [3.63, 3.8) is 0 Å². The highest BCUT2D eigenvalue weighted by atomic mass is 16.3. The van der Waals surface area contributed by atoms with Crippen molar-refractivity contribution < 1.29 is 10.2 Å². The minimum Gasteiger partial charge on any atom is -0.393 e. The van der Waals surface area contributed by atoms with Gasteiger partial charge in [0.2, 0.25) is 0 Å². The smallest absolute Gasteiger partial charge is 0.0814 e. The molecule has 0 aromatic heterocycles. The fourth-order valence-electron chi connectivity index (χ4n) is 2.04. The van der Waals surface area contributed by atoms with E-state index in [0.29, 0.717) is 12.8 Å². The van der Waals surface area contributed by atoms with E-state index in [2.05, 4.69) is 0 Å². The number of hydrogen-bond acceptors (Lipinski definition) is 2. The molecule has 0 fully saturated rings. The van der Waals surface area contributed by atoms with E-state index >= 15 is 0 Å². The van der Waals surface area contributed by atoms with Gasteiger partial charge in [-0.3, -0.25) is 0 Å². The molecule has 2 heteroatoms. The summed E-state index contributed by atoms with van der Waals surface area (Å²) < 4.78 is 0. The third kappa shape index (κ3) is 3.69. The lowest BCUT2D eigenvalue weighted by Gasteiger charge is -2.16. The van der Waals surface area contributed by atoms with Crippen LogP contribution >= 0.6 is 0 Å². The van der Waals surface area contributed by atoms with Crippen molar-refractivity contribution in [2.24, 2.45) is 0 Å². The van der Waals surface area contributed by atoms with Crippen molar-refractivity contribution in [3.8, 4) is 0 Å². The van der Waals surface area contributed by atoms with E-state index in [1.807, 2.05) is 60.7 Å².